The van der Waals surface area contributed by atoms with Crippen LogP contribution in [0.2, 0.25) is 0 Å². The van der Waals surface area contributed by atoms with E-state index < -0.39 is 0 Å². The van der Waals surface area contributed by atoms with Gasteiger partial charge in [0.25, 0.3) is 5.91 Å². The monoisotopic (exact) mass is 217 g/mol. The fourth-order valence-corrected chi connectivity index (χ4v) is 1.96. The summed E-state index contributed by atoms with van der Waals surface area (Å²) in [5.41, 5.74) is 0.615. The molecule has 3 nitrogen and oxygen atoms in total. The number of hydrogen-bond donors (Lipinski definition) is 1. The van der Waals surface area contributed by atoms with Crippen molar-refractivity contribution in [3.63, 3.8) is 0 Å². The largest absolute Gasteiger partial charge is 0.351 e. The molecule has 1 radical (unpaired) electrons. The van der Waals surface area contributed by atoms with Crippen LogP contribution in [-0.4, -0.2) is 37.0 Å². The van der Waals surface area contributed by atoms with Crippen LogP contribution in [0.25, 0.3) is 0 Å². The number of carbonyl (C=O) groups excluding carboxylic acids is 1. The molecule has 1 fully saturated rings. The molecule has 1 aliphatic heterocycles. The molecular formula is C13H17N2O. The molecule has 0 spiro atoms. The van der Waals surface area contributed by atoms with Crippen LogP contribution in [0, 0.1) is 6.07 Å². The van der Waals surface area contributed by atoms with Crippen molar-refractivity contribution in [3.05, 3.63) is 35.9 Å². The van der Waals surface area contributed by atoms with Crippen LogP contribution in [0.1, 0.15) is 23.2 Å². The van der Waals surface area contributed by atoms with Gasteiger partial charge in [-0.1, -0.05) is 18.2 Å². The Bertz CT molecular complexity index is 331. The predicted molar refractivity (Wildman–Crippen MR) is 63.3 cm³/mol. The van der Waals surface area contributed by atoms with E-state index in [1.54, 1.807) is 12.1 Å². The Kier molecular flexibility index (Phi) is 3.94. The van der Waals surface area contributed by atoms with Gasteiger partial charge in [0.05, 0.1) is 0 Å². The van der Waals surface area contributed by atoms with Gasteiger partial charge < -0.3 is 10.2 Å². The topological polar surface area (TPSA) is 32.3 Å². The number of nitrogens with one attached hydrogen (secondary N) is 1. The van der Waals surface area contributed by atoms with E-state index in [0.29, 0.717) is 5.56 Å². The summed E-state index contributed by atoms with van der Waals surface area (Å²) in [6.45, 7) is 4.03. The van der Waals surface area contributed by atoms with Crippen molar-refractivity contribution in [2.45, 2.75) is 12.8 Å². The highest BCUT2D eigenvalue weighted by Crippen LogP contribution is 2.05. The van der Waals surface area contributed by atoms with Crippen molar-refractivity contribution in [1.29, 1.82) is 0 Å². The summed E-state index contributed by atoms with van der Waals surface area (Å²) < 4.78 is 0. The number of hydrogen-bond acceptors (Lipinski definition) is 2. The lowest BCUT2D eigenvalue weighted by molar-refractivity contribution is 0.0949. The molecule has 0 saturated carbocycles. The highest BCUT2D eigenvalue weighted by molar-refractivity contribution is 5.93. The number of rotatable bonds is 4. The second kappa shape index (κ2) is 5.66. The van der Waals surface area contributed by atoms with Crippen LogP contribution in [-0.2, 0) is 0 Å². The maximum atomic E-state index is 11.7. The Labute approximate surface area is 96.5 Å². The van der Waals surface area contributed by atoms with Crippen molar-refractivity contribution in [1.82, 2.24) is 10.2 Å². The molecule has 2 rings (SSSR count). The Morgan fingerprint density at radius 2 is 2.19 bits per heavy atom. The van der Waals surface area contributed by atoms with E-state index in [1.807, 2.05) is 12.1 Å². The third-order valence-electron chi connectivity index (χ3n) is 2.87. The van der Waals surface area contributed by atoms with Crippen molar-refractivity contribution in [2.24, 2.45) is 0 Å². The second-order valence-electron chi connectivity index (χ2n) is 4.08. The van der Waals surface area contributed by atoms with Gasteiger partial charge in [0.15, 0.2) is 0 Å². The van der Waals surface area contributed by atoms with Crippen LogP contribution in [0.3, 0.4) is 0 Å². The van der Waals surface area contributed by atoms with Gasteiger partial charge in [-0.3, -0.25) is 4.79 Å². The first-order valence-electron chi connectivity index (χ1n) is 5.83. The number of carbonyl (C=O) groups is 1. The minimum atomic E-state index is -0.0280. The van der Waals surface area contributed by atoms with Gasteiger partial charge >= 0.3 is 0 Å². The van der Waals surface area contributed by atoms with Crippen LogP contribution >= 0.6 is 0 Å². The van der Waals surface area contributed by atoms with Gasteiger partial charge in [0.2, 0.25) is 0 Å². The zero-order valence-corrected chi connectivity index (χ0v) is 9.41. The molecule has 0 unspecified atom stereocenters. The lowest BCUT2D eigenvalue weighted by atomic mass is 10.2. The smallest absolute Gasteiger partial charge is 0.251 e. The number of likely N-dealkylation sites (tertiary alicyclic amines) is 1. The highest BCUT2D eigenvalue weighted by Gasteiger charge is 2.11. The third-order valence-corrected chi connectivity index (χ3v) is 2.87. The van der Waals surface area contributed by atoms with Gasteiger partial charge in [0.1, 0.15) is 0 Å². The van der Waals surface area contributed by atoms with E-state index in [2.05, 4.69) is 16.3 Å². The number of benzene rings is 1. The Morgan fingerprint density at radius 3 is 2.88 bits per heavy atom. The minimum Gasteiger partial charge on any atom is -0.351 e. The standard InChI is InChI=1S/C13H17N2O/c16-13(12-6-2-1-3-7-12)14-8-11-15-9-4-5-10-15/h1-3,6H,4-5,8-11H2,(H,14,16). The molecular weight excluding hydrogens is 200 g/mol. The highest BCUT2D eigenvalue weighted by atomic mass is 16.1. The minimum absolute atomic E-state index is 0.0280. The van der Waals surface area contributed by atoms with Crippen molar-refractivity contribution < 1.29 is 4.79 Å². The molecule has 85 valence electrons. The van der Waals surface area contributed by atoms with Crippen LogP contribution < -0.4 is 5.32 Å². The molecule has 0 atom stereocenters. The molecule has 16 heavy (non-hydrogen) atoms. The molecule has 1 heterocycles. The van der Waals surface area contributed by atoms with Crippen molar-refractivity contribution in [3.8, 4) is 0 Å². The lowest BCUT2D eigenvalue weighted by Crippen LogP contribution is -2.33. The summed E-state index contributed by atoms with van der Waals surface area (Å²) in [4.78, 5) is 14.0. The van der Waals surface area contributed by atoms with E-state index in [0.717, 1.165) is 13.1 Å². The zero-order chi connectivity index (χ0) is 11.2. The fraction of sp³-hybridized carbons (Fsp3) is 0.462. The first-order valence-corrected chi connectivity index (χ1v) is 5.83. The Balaban J connectivity index is 1.71. The lowest BCUT2D eigenvalue weighted by Gasteiger charge is -2.14. The maximum Gasteiger partial charge on any atom is 0.251 e. The molecule has 0 aliphatic carbocycles. The molecule has 1 aromatic rings. The van der Waals surface area contributed by atoms with E-state index in [-0.39, 0.29) is 5.91 Å². The average Bonchev–Trinajstić information content (AvgIpc) is 2.83. The first kappa shape index (κ1) is 11.1. The molecule has 1 N–H and O–H groups in total. The van der Waals surface area contributed by atoms with Crippen LogP contribution in [0.5, 0.6) is 0 Å². The summed E-state index contributed by atoms with van der Waals surface area (Å²) in [6, 6.07) is 10.2. The third kappa shape index (κ3) is 3.07. The SMILES string of the molecule is O=C(NCCN1CCCC1)c1[c]cccc1. The molecule has 1 saturated heterocycles. The van der Waals surface area contributed by atoms with E-state index in [4.69, 9.17) is 0 Å². The molecule has 0 aromatic heterocycles. The van der Waals surface area contributed by atoms with Gasteiger partial charge in [-0.25, -0.2) is 0 Å². The molecule has 0 bridgehead atoms. The van der Waals surface area contributed by atoms with Crippen LogP contribution in [0.4, 0.5) is 0 Å². The molecule has 1 amide bonds. The van der Waals surface area contributed by atoms with Crippen LogP contribution in [0.15, 0.2) is 24.3 Å². The fourth-order valence-electron chi connectivity index (χ4n) is 1.96. The Morgan fingerprint density at radius 1 is 1.38 bits per heavy atom. The van der Waals surface area contributed by atoms with Gasteiger partial charge in [0, 0.05) is 18.7 Å². The number of amides is 1. The molecule has 1 aliphatic rings. The van der Waals surface area contributed by atoms with E-state index in [9.17, 15) is 4.79 Å². The van der Waals surface area contributed by atoms with E-state index in [1.165, 1.54) is 25.9 Å². The Hall–Kier alpha value is -1.35. The van der Waals surface area contributed by atoms with E-state index >= 15 is 0 Å². The normalized spacial score (nSPS) is 16.2. The van der Waals surface area contributed by atoms with Crippen molar-refractivity contribution >= 4 is 5.91 Å². The molecule has 3 heteroatoms. The summed E-state index contributed by atoms with van der Waals surface area (Å²) in [7, 11) is 0. The predicted octanol–water partition coefficient (Wildman–Crippen LogP) is 1.31. The second-order valence-corrected chi connectivity index (χ2v) is 4.08. The summed E-state index contributed by atoms with van der Waals surface area (Å²) in [5.74, 6) is -0.0280. The van der Waals surface area contributed by atoms with Gasteiger partial charge in [-0.2, -0.15) is 0 Å². The summed E-state index contributed by atoms with van der Waals surface area (Å²) in [6.07, 6.45) is 2.58. The maximum absolute atomic E-state index is 11.7. The van der Waals surface area contributed by atoms with Gasteiger partial charge in [-0.05, 0) is 38.1 Å². The quantitative estimate of drug-likeness (QED) is 0.824. The average molecular weight is 217 g/mol. The van der Waals surface area contributed by atoms with Crippen molar-refractivity contribution in [2.75, 3.05) is 26.2 Å². The molecule has 1 aromatic carbocycles. The summed E-state index contributed by atoms with van der Waals surface area (Å²) >= 11 is 0. The number of nitrogens with zero attached hydrogens (tertiary/aromatic N) is 1. The summed E-state index contributed by atoms with van der Waals surface area (Å²) in [5, 5.41) is 2.91. The zero-order valence-electron chi connectivity index (χ0n) is 9.41. The first-order chi connectivity index (χ1) is 7.86. The van der Waals surface area contributed by atoms with Gasteiger partial charge in [-0.15, -0.1) is 0 Å².